The molecule has 0 radical (unpaired) electrons. The van der Waals surface area contributed by atoms with Crippen molar-refractivity contribution < 1.29 is 28.4 Å². The van der Waals surface area contributed by atoms with Crippen LogP contribution in [0, 0.1) is 18.8 Å². The number of hydrogen-bond acceptors (Lipinski definition) is 7. The van der Waals surface area contributed by atoms with Crippen LogP contribution in [0.3, 0.4) is 0 Å². The first-order valence-corrected chi connectivity index (χ1v) is 12.8. The summed E-state index contributed by atoms with van der Waals surface area (Å²) in [5.41, 5.74) is -1.84. The molecule has 3 aliphatic rings. The highest BCUT2D eigenvalue weighted by Crippen LogP contribution is 2.59. The Morgan fingerprint density at radius 1 is 1.16 bits per heavy atom. The molecule has 202 valence electrons. The van der Waals surface area contributed by atoms with Crippen LogP contribution in [0.4, 0.5) is 5.82 Å². The maximum absolute atomic E-state index is 14.1. The number of nitrogens with zero attached hydrogens (tertiary/aromatic N) is 2. The molecule has 38 heavy (non-hydrogen) atoms. The zero-order valence-corrected chi connectivity index (χ0v) is 22.5. The fraction of sp³-hybridized carbons (Fsp3) is 0.500. The van der Waals surface area contributed by atoms with Crippen molar-refractivity contribution in [1.82, 2.24) is 15.4 Å². The quantitative estimate of drug-likeness (QED) is 0.536. The summed E-state index contributed by atoms with van der Waals surface area (Å²) in [5, 5.41) is 9.65. The van der Waals surface area contributed by atoms with Crippen molar-refractivity contribution in [2.45, 2.75) is 63.8 Å². The Bertz CT molecular complexity index is 1300. The molecule has 0 saturated carbocycles. The lowest BCUT2D eigenvalue weighted by Crippen LogP contribution is -2.58. The van der Waals surface area contributed by atoms with Gasteiger partial charge < -0.3 is 29.5 Å². The normalized spacial score (nSPS) is 29.5. The Morgan fingerprint density at radius 2 is 1.87 bits per heavy atom. The molecule has 4 heterocycles. The maximum Gasteiger partial charge on any atom is 0.246 e. The Kier molecular flexibility index (Phi) is 6.13. The van der Waals surface area contributed by atoms with Gasteiger partial charge in [0.05, 0.1) is 24.5 Å². The molecule has 2 bridgehead atoms. The van der Waals surface area contributed by atoms with Crippen molar-refractivity contribution in [2.75, 3.05) is 19.0 Å². The van der Waals surface area contributed by atoms with Gasteiger partial charge in [0.1, 0.15) is 23.2 Å². The summed E-state index contributed by atoms with van der Waals surface area (Å²) in [7, 11) is 1.60. The largest absolute Gasteiger partial charge is 0.497 e. The second kappa shape index (κ2) is 8.97. The van der Waals surface area contributed by atoms with E-state index in [0.29, 0.717) is 12.2 Å². The van der Waals surface area contributed by atoms with Crippen LogP contribution < -0.4 is 15.4 Å². The van der Waals surface area contributed by atoms with Crippen molar-refractivity contribution >= 4 is 23.5 Å². The molecule has 2 saturated heterocycles. The second-order valence-electron chi connectivity index (χ2n) is 11.5. The first kappa shape index (κ1) is 26.0. The highest BCUT2D eigenvalue weighted by atomic mass is 16.5. The molecule has 0 aliphatic carbocycles. The van der Waals surface area contributed by atoms with E-state index in [9.17, 15) is 14.4 Å². The number of benzene rings is 1. The third kappa shape index (κ3) is 4.26. The molecule has 0 unspecified atom stereocenters. The lowest BCUT2D eigenvalue weighted by Gasteiger charge is -2.35. The average Bonchev–Trinajstić information content (AvgIpc) is 3.54. The van der Waals surface area contributed by atoms with Crippen LogP contribution in [0.5, 0.6) is 5.75 Å². The van der Waals surface area contributed by atoms with Crippen LogP contribution >= 0.6 is 0 Å². The number of likely N-dealkylation sites (tertiary alicyclic amines) is 1. The third-order valence-corrected chi connectivity index (χ3v) is 7.51. The molecule has 1 aromatic carbocycles. The Morgan fingerprint density at radius 3 is 2.47 bits per heavy atom. The van der Waals surface area contributed by atoms with Gasteiger partial charge in [-0.15, -0.1) is 0 Å². The number of hydrogen-bond donors (Lipinski definition) is 2. The number of methoxy groups -OCH3 is 1. The first-order valence-electron chi connectivity index (χ1n) is 12.8. The molecule has 5 rings (SSSR count). The molecular formula is C28H34N4O6. The molecule has 3 aliphatic heterocycles. The molecular weight excluding hydrogens is 488 g/mol. The minimum atomic E-state index is -1.26. The molecule has 2 N–H and O–H groups in total. The van der Waals surface area contributed by atoms with Crippen LogP contribution in [0.2, 0.25) is 0 Å². The number of aromatic nitrogens is 1. The Hall–Kier alpha value is -3.66. The topological polar surface area (TPSA) is 123 Å². The van der Waals surface area contributed by atoms with Gasteiger partial charge in [-0.3, -0.25) is 14.4 Å². The van der Waals surface area contributed by atoms with Gasteiger partial charge in [-0.25, -0.2) is 0 Å². The zero-order chi connectivity index (χ0) is 27.5. The minimum Gasteiger partial charge on any atom is -0.497 e. The van der Waals surface area contributed by atoms with E-state index >= 15 is 0 Å². The van der Waals surface area contributed by atoms with E-state index in [1.165, 1.54) is 0 Å². The van der Waals surface area contributed by atoms with Crippen molar-refractivity contribution in [3.8, 4) is 5.75 Å². The summed E-state index contributed by atoms with van der Waals surface area (Å²) >= 11 is 0. The van der Waals surface area contributed by atoms with Gasteiger partial charge in [0.15, 0.2) is 5.82 Å². The van der Waals surface area contributed by atoms with Gasteiger partial charge in [0.25, 0.3) is 0 Å². The van der Waals surface area contributed by atoms with Gasteiger partial charge in [0.2, 0.25) is 17.7 Å². The number of anilines is 1. The monoisotopic (exact) mass is 522 g/mol. The third-order valence-electron chi connectivity index (χ3n) is 7.51. The first-order chi connectivity index (χ1) is 17.9. The number of amides is 3. The van der Waals surface area contributed by atoms with Crippen LogP contribution in [0.25, 0.3) is 0 Å². The van der Waals surface area contributed by atoms with E-state index in [0.717, 1.165) is 11.3 Å². The number of fused-ring (bicyclic) bond motifs is 1. The lowest BCUT2D eigenvalue weighted by molar-refractivity contribution is -0.144. The van der Waals surface area contributed by atoms with E-state index in [4.69, 9.17) is 14.0 Å². The maximum atomic E-state index is 14.1. The van der Waals surface area contributed by atoms with Crippen LogP contribution in [-0.4, -0.2) is 64.2 Å². The summed E-state index contributed by atoms with van der Waals surface area (Å²) < 4.78 is 16.8. The van der Waals surface area contributed by atoms with Gasteiger partial charge in [-0.2, -0.15) is 0 Å². The van der Waals surface area contributed by atoms with Crippen molar-refractivity contribution in [2.24, 2.45) is 11.8 Å². The second-order valence-corrected chi connectivity index (χ2v) is 11.5. The Labute approximate surface area is 221 Å². The van der Waals surface area contributed by atoms with E-state index < -0.39 is 40.5 Å². The summed E-state index contributed by atoms with van der Waals surface area (Å²) in [5.74, 6) is -1.17. The average molecular weight is 523 g/mol. The molecule has 1 aromatic heterocycles. The number of ether oxygens (including phenoxy) is 2. The number of carbonyl (C=O) groups is 3. The predicted octanol–water partition coefficient (Wildman–Crippen LogP) is 2.63. The van der Waals surface area contributed by atoms with Crippen LogP contribution in [0.15, 0.2) is 47.0 Å². The molecule has 2 fully saturated rings. The summed E-state index contributed by atoms with van der Waals surface area (Å²) in [4.78, 5) is 43.0. The van der Waals surface area contributed by atoms with Gasteiger partial charge >= 0.3 is 0 Å². The lowest BCUT2D eigenvalue weighted by atomic mass is 9.70. The predicted molar refractivity (Wildman–Crippen MR) is 138 cm³/mol. The summed E-state index contributed by atoms with van der Waals surface area (Å²) in [6.45, 7) is 9.46. The number of aryl methyl sites for hydroxylation is 1. The van der Waals surface area contributed by atoms with E-state index in [2.05, 4.69) is 15.8 Å². The van der Waals surface area contributed by atoms with Gasteiger partial charge in [-0.1, -0.05) is 29.4 Å². The Balaban J connectivity index is 1.48. The standard InChI is InChI=1S/C28H34N4O6/c1-16-15-19(31-37-16)29-23(33)20-21-25(35)32(14-11-17-7-9-18(36-6)10-8-17)22(24(34)30-26(2,3)4)28(21)13-12-27(20,5)38-28/h7-10,12-13,15,20-22H,11,14H2,1-6H3,(H,30,34)(H,29,31,33)/t20-,21-,22-,27+,28-/m1/s1. The van der Waals surface area contributed by atoms with Crippen LogP contribution in [0.1, 0.15) is 39.0 Å². The fourth-order valence-electron chi connectivity index (χ4n) is 5.98. The highest BCUT2D eigenvalue weighted by Gasteiger charge is 2.76. The molecule has 10 heteroatoms. The van der Waals surface area contributed by atoms with E-state index in [-0.39, 0.29) is 24.2 Å². The number of rotatable bonds is 7. The van der Waals surface area contributed by atoms with Gasteiger partial charge in [-0.05, 0) is 58.7 Å². The number of nitrogens with one attached hydrogen (secondary N) is 2. The van der Waals surface area contributed by atoms with Crippen molar-refractivity contribution in [1.29, 1.82) is 0 Å². The fourth-order valence-corrected chi connectivity index (χ4v) is 5.98. The number of carbonyl (C=O) groups excluding carboxylic acids is 3. The molecule has 1 spiro atoms. The van der Waals surface area contributed by atoms with Crippen molar-refractivity contribution in [3.63, 3.8) is 0 Å². The molecule has 3 amide bonds. The molecule has 10 nitrogen and oxygen atoms in total. The molecule has 5 atom stereocenters. The van der Waals surface area contributed by atoms with Crippen molar-refractivity contribution in [3.05, 3.63) is 53.8 Å². The van der Waals surface area contributed by atoms with E-state index in [1.54, 1.807) is 44.1 Å². The highest BCUT2D eigenvalue weighted by molar-refractivity contribution is 6.03. The minimum absolute atomic E-state index is 0.265. The zero-order valence-electron chi connectivity index (χ0n) is 22.5. The SMILES string of the molecule is COc1ccc(CCN2C(=O)[C@H]3[C@H](C(=O)Nc4cc(C)on4)[C@]4(C)C=C[C@]3(O4)[C@H]2C(=O)NC(C)(C)C)cc1. The van der Waals surface area contributed by atoms with Gasteiger partial charge in [0, 0.05) is 18.2 Å². The summed E-state index contributed by atoms with van der Waals surface area (Å²) in [6.07, 6.45) is 4.13. The smallest absolute Gasteiger partial charge is 0.246 e. The molecule has 2 aromatic rings. The van der Waals surface area contributed by atoms with E-state index in [1.807, 2.05) is 45.0 Å². The van der Waals surface area contributed by atoms with Crippen LogP contribution in [-0.2, 0) is 25.5 Å². The summed E-state index contributed by atoms with van der Waals surface area (Å²) in [6, 6.07) is 8.26.